The van der Waals surface area contributed by atoms with Gasteiger partial charge in [-0.2, -0.15) is 0 Å². The Morgan fingerprint density at radius 1 is 1.48 bits per heavy atom. The first-order valence-electron chi connectivity index (χ1n) is 7.94. The first kappa shape index (κ1) is 15.8. The largest absolute Gasteiger partial charge is 0.338 e. The highest BCUT2D eigenvalue weighted by molar-refractivity contribution is 5.95. The Labute approximate surface area is 126 Å². The van der Waals surface area contributed by atoms with Gasteiger partial charge < -0.3 is 10.3 Å². The summed E-state index contributed by atoms with van der Waals surface area (Å²) in [4.78, 5) is 19.1. The van der Waals surface area contributed by atoms with Gasteiger partial charge >= 0.3 is 0 Å². The van der Waals surface area contributed by atoms with Gasteiger partial charge in [0.25, 0.3) is 5.91 Å². The number of amides is 1. The van der Waals surface area contributed by atoms with E-state index in [1.54, 1.807) is 6.07 Å². The zero-order valence-electron chi connectivity index (χ0n) is 13.1. The van der Waals surface area contributed by atoms with Crippen LogP contribution in [-0.2, 0) is 6.42 Å². The maximum Gasteiger partial charge on any atom is 0.254 e. The molecule has 0 saturated carbocycles. The number of aromatic nitrogens is 1. The summed E-state index contributed by atoms with van der Waals surface area (Å²) < 4.78 is 0. The average molecular weight is 290 g/mol. The Kier molecular flexibility index (Phi) is 5.56. The molecule has 1 unspecified atom stereocenters. The molecule has 1 fully saturated rings. The molecule has 1 aromatic heterocycles. The molecule has 1 aliphatic heterocycles. The second-order valence-corrected chi connectivity index (χ2v) is 5.79. The van der Waals surface area contributed by atoms with Crippen LogP contribution in [0.5, 0.6) is 0 Å². The lowest BCUT2D eigenvalue weighted by Crippen LogP contribution is -2.39. The molecule has 1 saturated heterocycles. The monoisotopic (exact) mass is 290 g/mol. The molecule has 0 aromatic carbocycles. The molecule has 0 bridgehead atoms. The van der Waals surface area contributed by atoms with E-state index in [2.05, 4.69) is 24.3 Å². The van der Waals surface area contributed by atoms with Crippen molar-refractivity contribution in [2.45, 2.75) is 46.0 Å². The van der Waals surface area contributed by atoms with Gasteiger partial charge in [0, 0.05) is 24.3 Å². The highest BCUT2D eigenvalue weighted by atomic mass is 16.2. The quantitative estimate of drug-likeness (QED) is 0.646. The third-order valence-electron chi connectivity index (χ3n) is 4.16. The standard InChI is InChI=1S/C16H26N4O/c1-3-6-14-9-13(10-15(18-14)19-17)16(21)20-8-5-7-12(4-2)11-20/h9-10,12H,3-8,11,17H2,1-2H3,(H,18,19). The lowest BCUT2D eigenvalue weighted by molar-refractivity contribution is 0.0671. The molecule has 5 nitrogen and oxygen atoms in total. The fourth-order valence-electron chi connectivity index (χ4n) is 2.93. The van der Waals surface area contributed by atoms with Crippen LogP contribution in [0.4, 0.5) is 5.82 Å². The van der Waals surface area contributed by atoms with Gasteiger partial charge in [-0.25, -0.2) is 10.8 Å². The SMILES string of the molecule is CCCc1cc(C(=O)N2CCCC(CC)C2)cc(NN)n1. The molecule has 0 aliphatic carbocycles. The van der Waals surface area contributed by atoms with E-state index in [4.69, 9.17) is 5.84 Å². The number of hydrogen-bond acceptors (Lipinski definition) is 4. The van der Waals surface area contributed by atoms with Crippen molar-refractivity contribution in [2.24, 2.45) is 11.8 Å². The van der Waals surface area contributed by atoms with Crippen molar-refractivity contribution in [1.29, 1.82) is 0 Å². The molecule has 21 heavy (non-hydrogen) atoms. The van der Waals surface area contributed by atoms with Crippen LogP contribution in [0.3, 0.4) is 0 Å². The zero-order valence-corrected chi connectivity index (χ0v) is 13.1. The Balaban J connectivity index is 2.19. The molecule has 1 aromatic rings. The minimum atomic E-state index is 0.101. The van der Waals surface area contributed by atoms with Gasteiger partial charge in [0.1, 0.15) is 5.82 Å². The van der Waals surface area contributed by atoms with E-state index in [1.165, 1.54) is 6.42 Å². The van der Waals surface area contributed by atoms with Gasteiger partial charge in [0.15, 0.2) is 0 Å². The summed E-state index contributed by atoms with van der Waals surface area (Å²) >= 11 is 0. The Morgan fingerprint density at radius 2 is 2.29 bits per heavy atom. The van der Waals surface area contributed by atoms with Crippen LogP contribution < -0.4 is 11.3 Å². The number of nitrogen functional groups attached to an aromatic ring is 1. The number of nitrogens with zero attached hydrogens (tertiary/aromatic N) is 2. The molecule has 3 N–H and O–H groups in total. The van der Waals surface area contributed by atoms with Crippen LogP contribution in [0.25, 0.3) is 0 Å². The first-order valence-corrected chi connectivity index (χ1v) is 7.94. The van der Waals surface area contributed by atoms with Gasteiger partial charge in [-0.3, -0.25) is 4.79 Å². The normalized spacial score (nSPS) is 18.6. The minimum Gasteiger partial charge on any atom is -0.338 e. The number of pyridine rings is 1. The van der Waals surface area contributed by atoms with Crippen molar-refractivity contribution in [3.63, 3.8) is 0 Å². The van der Waals surface area contributed by atoms with Gasteiger partial charge in [-0.15, -0.1) is 0 Å². The number of likely N-dealkylation sites (tertiary alicyclic amines) is 1. The number of carbonyl (C=O) groups is 1. The van der Waals surface area contributed by atoms with Crippen LogP contribution in [0.2, 0.25) is 0 Å². The number of hydrazine groups is 1. The Bertz CT molecular complexity index is 489. The molecule has 5 heteroatoms. The summed E-state index contributed by atoms with van der Waals surface area (Å²) in [7, 11) is 0. The number of anilines is 1. The van der Waals surface area contributed by atoms with Crippen molar-refractivity contribution in [3.05, 3.63) is 23.4 Å². The number of rotatable bonds is 5. The molecule has 2 rings (SSSR count). The fourth-order valence-corrected chi connectivity index (χ4v) is 2.93. The maximum absolute atomic E-state index is 12.7. The van der Waals surface area contributed by atoms with Crippen molar-refractivity contribution < 1.29 is 4.79 Å². The molecular weight excluding hydrogens is 264 g/mol. The second kappa shape index (κ2) is 7.41. The van der Waals surface area contributed by atoms with Crippen molar-refractivity contribution in [3.8, 4) is 0 Å². The summed E-state index contributed by atoms with van der Waals surface area (Å²) in [5.74, 6) is 6.76. The molecular formula is C16H26N4O. The van der Waals surface area contributed by atoms with E-state index >= 15 is 0 Å². The third-order valence-corrected chi connectivity index (χ3v) is 4.16. The van der Waals surface area contributed by atoms with Crippen LogP contribution in [0, 0.1) is 5.92 Å². The fraction of sp³-hybridized carbons (Fsp3) is 0.625. The molecule has 0 radical (unpaired) electrons. The second-order valence-electron chi connectivity index (χ2n) is 5.79. The first-order chi connectivity index (χ1) is 10.2. The van der Waals surface area contributed by atoms with Crippen molar-refractivity contribution in [1.82, 2.24) is 9.88 Å². The predicted molar refractivity (Wildman–Crippen MR) is 85.0 cm³/mol. The van der Waals surface area contributed by atoms with Gasteiger partial charge in [0.2, 0.25) is 0 Å². The molecule has 0 spiro atoms. The van der Waals surface area contributed by atoms with Crippen LogP contribution >= 0.6 is 0 Å². The van der Waals surface area contributed by atoms with E-state index < -0.39 is 0 Å². The highest BCUT2D eigenvalue weighted by Gasteiger charge is 2.24. The molecule has 1 aliphatic rings. The van der Waals surface area contributed by atoms with E-state index in [9.17, 15) is 4.79 Å². The zero-order chi connectivity index (χ0) is 15.2. The molecule has 2 heterocycles. The maximum atomic E-state index is 12.7. The molecule has 1 atom stereocenters. The van der Waals surface area contributed by atoms with E-state index in [1.807, 2.05) is 11.0 Å². The predicted octanol–water partition coefficient (Wildman–Crippen LogP) is 2.58. The third kappa shape index (κ3) is 3.94. The Morgan fingerprint density at radius 3 is 2.95 bits per heavy atom. The lowest BCUT2D eigenvalue weighted by Gasteiger charge is -2.32. The average Bonchev–Trinajstić information content (AvgIpc) is 2.54. The highest BCUT2D eigenvalue weighted by Crippen LogP contribution is 2.22. The number of nitrogens with two attached hydrogens (primary N) is 1. The van der Waals surface area contributed by atoms with E-state index in [0.29, 0.717) is 17.3 Å². The minimum absolute atomic E-state index is 0.101. The number of piperidine rings is 1. The number of aryl methyl sites for hydroxylation is 1. The van der Waals surface area contributed by atoms with Crippen molar-refractivity contribution >= 4 is 11.7 Å². The van der Waals surface area contributed by atoms with Crippen molar-refractivity contribution in [2.75, 3.05) is 18.5 Å². The lowest BCUT2D eigenvalue weighted by atomic mass is 9.95. The summed E-state index contributed by atoms with van der Waals surface area (Å²) in [6.07, 6.45) is 5.31. The summed E-state index contributed by atoms with van der Waals surface area (Å²) in [6.45, 7) is 6.02. The van der Waals surface area contributed by atoms with Crippen LogP contribution in [-0.4, -0.2) is 28.9 Å². The van der Waals surface area contributed by atoms with Gasteiger partial charge in [-0.05, 0) is 37.3 Å². The van der Waals surface area contributed by atoms with E-state index in [0.717, 1.165) is 44.5 Å². The van der Waals surface area contributed by atoms with Crippen LogP contribution in [0.1, 0.15) is 55.6 Å². The number of nitrogens with one attached hydrogen (secondary N) is 1. The van der Waals surface area contributed by atoms with Gasteiger partial charge in [-0.1, -0.05) is 26.7 Å². The van der Waals surface area contributed by atoms with Crippen LogP contribution in [0.15, 0.2) is 12.1 Å². The molecule has 116 valence electrons. The summed E-state index contributed by atoms with van der Waals surface area (Å²) in [5, 5.41) is 0. The summed E-state index contributed by atoms with van der Waals surface area (Å²) in [6, 6.07) is 3.65. The van der Waals surface area contributed by atoms with Gasteiger partial charge in [0.05, 0.1) is 0 Å². The Hall–Kier alpha value is -1.62. The molecule has 1 amide bonds. The smallest absolute Gasteiger partial charge is 0.254 e. The number of carbonyl (C=O) groups excluding carboxylic acids is 1. The number of hydrogen-bond donors (Lipinski definition) is 2. The van der Waals surface area contributed by atoms with E-state index in [-0.39, 0.29) is 5.91 Å². The summed E-state index contributed by atoms with van der Waals surface area (Å²) in [5.41, 5.74) is 4.17. The topological polar surface area (TPSA) is 71.2 Å².